The lowest BCUT2D eigenvalue weighted by molar-refractivity contribution is 0.0886. The van der Waals surface area contributed by atoms with E-state index in [2.05, 4.69) is 17.0 Å². The summed E-state index contributed by atoms with van der Waals surface area (Å²) in [7, 11) is 0. The fraction of sp³-hybridized carbons (Fsp3) is 0.588. The smallest absolute Gasteiger partial charge is 0.166 e. The molecule has 2 aliphatic rings. The van der Waals surface area contributed by atoms with Gasteiger partial charge in [-0.2, -0.15) is 0 Å². The molecule has 0 aromatic heterocycles. The van der Waals surface area contributed by atoms with E-state index in [-0.39, 0.29) is 5.92 Å². The number of rotatable bonds is 4. The minimum Gasteiger partial charge on any atom is -0.299 e. The van der Waals surface area contributed by atoms with Crippen LogP contribution in [0.5, 0.6) is 0 Å². The first-order valence-corrected chi connectivity index (χ1v) is 7.69. The van der Waals surface area contributed by atoms with Crippen LogP contribution >= 0.6 is 0 Å². The highest BCUT2D eigenvalue weighted by Crippen LogP contribution is 2.28. The zero-order chi connectivity index (χ0) is 13.1. The molecule has 0 unspecified atom stereocenters. The Balaban J connectivity index is 1.76. The third kappa shape index (κ3) is 2.89. The van der Waals surface area contributed by atoms with Crippen LogP contribution in [0.3, 0.4) is 0 Å². The average molecular weight is 257 g/mol. The summed E-state index contributed by atoms with van der Waals surface area (Å²) in [6, 6.07) is 8.24. The highest BCUT2D eigenvalue weighted by atomic mass is 16.1. The third-order valence-corrected chi connectivity index (χ3v) is 4.60. The summed E-state index contributed by atoms with van der Waals surface area (Å²) in [4.78, 5) is 15.1. The Morgan fingerprint density at radius 2 is 1.79 bits per heavy atom. The van der Waals surface area contributed by atoms with Crippen LogP contribution < -0.4 is 0 Å². The fourth-order valence-corrected chi connectivity index (χ4v) is 3.26. The topological polar surface area (TPSA) is 20.3 Å². The van der Waals surface area contributed by atoms with Crippen LogP contribution in [0, 0.1) is 5.92 Å². The summed E-state index contributed by atoms with van der Waals surface area (Å²) in [6.45, 7) is 3.33. The Kier molecular flexibility index (Phi) is 3.97. The Labute approximate surface area is 115 Å². The van der Waals surface area contributed by atoms with E-state index >= 15 is 0 Å². The SMILES string of the molecule is O=C(c1ccccc1CN1CCC1)C1CCCCC1. The second-order valence-electron chi connectivity index (χ2n) is 5.99. The number of Topliss-reactive ketones (excluding diaryl/α,β-unsaturated/α-hetero) is 1. The van der Waals surface area contributed by atoms with Gasteiger partial charge in [0.1, 0.15) is 0 Å². The van der Waals surface area contributed by atoms with Crippen LogP contribution in [0.1, 0.15) is 54.4 Å². The van der Waals surface area contributed by atoms with Crippen molar-refractivity contribution >= 4 is 5.78 Å². The molecule has 1 aliphatic heterocycles. The molecule has 0 radical (unpaired) electrons. The molecule has 19 heavy (non-hydrogen) atoms. The van der Waals surface area contributed by atoms with Gasteiger partial charge < -0.3 is 0 Å². The lowest BCUT2D eigenvalue weighted by Gasteiger charge is -2.31. The maximum Gasteiger partial charge on any atom is 0.166 e. The van der Waals surface area contributed by atoms with E-state index in [9.17, 15) is 4.79 Å². The highest BCUT2D eigenvalue weighted by molar-refractivity contribution is 5.99. The fourth-order valence-electron chi connectivity index (χ4n) is 3.26. The first kappa shape index (κ1) is 12.9. The number of nitrogens with zero attached hydrogens (tertiary/aromatic N) is 1. The standard InChI is InChI=1S/C17H23NO/c19-17(14-7-2-1-3-8-14)16-10-5-4-9-15(16)13-18-11-6-12-18/h4-5,9-10,14H,1-3,6-8,11-13H2. The molecule has 2 heteroatoms. The molecule has 1 saturated heterocycles. The van der Waals surface area contributed by atoms with Crippen molar-refractivity contribution in [2.75, 3.05) is 13.1 Å². The van der Waals surface area contributed by atoms with Gasteiger partial charge in [-0.15, -0.1) is 0 Å². The van der Waals surface area contributed by atoms with Crippen molar-refractivity contribution in [1.82, 2.24) is 4.90 Å². The molecule has 1 aromatic carbocycles. The molecule has 1 saturated carbocycles. The molecular weight excluding hydrogens is 234 g/mol. The molecule has 102 valence electrons. The van der Waals surface area contributed by atoms with Gasteiger partial charge in [0.05, 0.1) is 0 Å². The van der Waals surface area contributed by atoms with Gasteiger partial charge in [0.25, 0.3) is 0 Å². The van der Waals surface area contributed by atoms with E-state index in [0.29, 0.717) is 5.78 Å². The molecule has 0 N–H and O–H groups in total. The predicted octanol–water partition coefficient (Wildman–Crippen LogP) is 3.66. The maximum absolute atomic E-state index is 12.7. The predicted molar refractivity (Wildman–Crippen MR) is 77.2 cm³/mol. The summed E-state index contributed by atoms with van der Waals surface area (Å²) in [5, 5.41) is 0. The van der Waals surface area contributed by atoms with Crippen LogP contribution in [0.2, 0.25) is 0 Å². The second-order valence-corrected chi connectivity index (χ2v) is 5.99. The molecule has 0 amide bonds. The molecule has 1 aliphatic carbocycles. The van der Waals surface area contributed by atoms with Gasteiger partial charge in [-0.05, 0) is 37.9 Å². The number of benzene rings is 1. The van der Waals surface area contributed by atoms with E-state index in [0.717, 1.165) is 24.9 Å². The Morgan fingerprint density at radius 3 is 2.47 bits per heavy atom. The molecule has 0 spiro atoms. The van der Waals surface area contributed by atoms with Gasteiger partial charge in [0.15, 0.2) is 5.78 Å². The van der Waals surface area contributed by atoms with Crippen molar-refractivity contribution in [3.8, 4) is 0 Å². The van der Waals surface area contributed by atoms with Crippen LogP contribution in [0.15, 0.2) is 24.3 Å². The minimum atomic E-state index is 0.284. The van der Waals surface area contributed by atoms with E-state index in [1.165, 1.54) is 44.3 Å². The van der Waals surface area contributed by atoms with Gasteiger partial charge in [0.2, 0.25) is 0 Å². The molecular formula is C17H23NO. The summed E-state index contributed by atoms with van der Waals surface area (Å²) >= 11 is 0. The summed E-state index contributed by atoms with van der Waals surface area (Å²) in [5.41, 5.74) is 2.22. The lowest BCUT2D eigenvalue weighted by atomic mass is 9.82. The first-order valence-electron chi connectivity index (χ1n) is 7.69. The number of likely N-dealkylation sites (tertiary alicyclic amines) is 1. The van der Waals surface area contributed by atoms with E-state index in [1.54, 1.807) is 0 Å². The summed E-state index contributed by atoms with van der Waals surface area (Å²) in [6.07, 6.45) is 7.25. The second kappa shape index (κ2) is 5.87. The zero-order valence-electron chi connectivity index (χ0n) is 11.6. The van der Waals surface area contributed by atoms with Gasteiger partial charge in [-0.1, -0.05) is 43.5 Å². The van der Waals surface area contributed by atoms with Crippen molar-refractivity contribution < 1.29 is 4.79 Å². The molecule has 2 nitrogen and oxygen atoms in total. The summed E-state index contributed by atoms with van der Waals surface area (Å²) in [5.74, 6) is 0.683. The minimum absolute atomic E-state index is 0.284. The highest BCUT2D eigenvalue weighted by Gasteiger charge is 2.25. The van der Waals surface area contributed by atoms with Crippen LogP contribution in [-0.2, 0) is 6.54 Å². The number of carbonyl (C=O) groups is 1. The summed E-state index contributed by atoms with van der Waals surface area (Å²) < 4.78 is 0. The third-order valence-electron chi connectivity index (χ3n) is 4.60. The van der Waals surface area contributed by atoms with Crippen LogP contribution in [0.25, 0.3) is 0 Å². The molecule has 2 fully saturated rings. The number of hydrogen-bond acceptors (Lipinski definition) is 2. The van der Waals surface area contributed by atoms with Crippen molar-refractivity contribution in [1.29, 1.82) is 0 Å². The number of ketones is 1. The van der Waals surface area contributed by atoms with Gasteiger partial charge in [-0.25, -0.2) is 0 Å². The molecule has 0 bridgehead atoms. The Morgan fingerprint density at radius 1 is 1.05 bits per heavy atom. The van der Waals surface area contributed by atoms with Gasteiger partial charge in [-0.3, -0.25) is 9.69 Å². The lowest BCUT2D eigenvalue weighted by Crippen LogP contribution is -2.36. The van der Waals surface area contributed by atoms with E-state index < -0.39 is 0 Å². The average Bonchev–Trinajstić information content (AvgIpc) is 2.43. The number of carbonyl (C=O) groups excluding carboxylic acids is 1. The molecule has 0 atom stereocenters. The quantitative estimate of drug-likeness (QED) is 0.767. The van der Waals surface area contributed by atoms with Gasteiger partial charge >= 0.3 is 0 Å². The van der Waals surface area contributed by atoms with Gasteiger partial charge in [0, 0.05) is 18.0 Å². The van der Waals surface area contributed by atoms with Crippen molar-refractivity contribution in [3.63, 3.8) is 0 Å². The normalized spacial score (nSPS) is 21.1. The maximum atomic E-state index is 12.7. The molecule has 3 rings (SSSR count). The van der Waals surface area contributed by atoms with Crippen molar-refractivity contribution in [3.05, 3.63) is 35.4 Å². The Hall–Kier alpha value is -1.15. The zero-order valence-corrected chi connectivity index (χ0v) is 11.6. The Bertz CT molecular complexity index is 444. The van der Waals surface area contributed by atoms with Crippen molar-refractivity contribution in [2.24, 2.45) is 5.92 Å². The van der Waals surface area contributed by atoms with Crippen molar-refractivity contribution in [2.45, 2.75) is 45.1 Å². The molecule has 1 heterocycles. The van der Waals surface area contributed by atoms with Crippen LogP contribution in [0.4, 0.5) is 0 Å². The molecule has 1 aromatic rings. The first-order chi connectivity index (χ1) is 9.34. The van der Waals surface area contributed by atoms with E-state index in [4.69, 9.17) is 0 Å². The van der Waals surface area contributed by atoms with E-state index in [1.807, 2.05) is 12.1 Å². The monoisotopic (exact) mass is 257 g/mol. The number of hydrogen-bond donors (Lipinski definition) is 0. The largest absolute Gasteiger partial charge is 0.299 e. The van der Waals surface area contributed by atoms with Crippen LogP contribution in [-0.4, -0.2) is 23.8 Å².